The van der Waals surface area contributed by atoms with E-state index in [0.29, 0.717) is 27.4 Å². The Morgan fingerprint density at radius 3 is 2.73 bits per heavy atom. The Bertz CT molecular complexity index is 664. The van der Waals surface area contributed by atoms with Gasteiger partial charge in [-0.25, -0.2) is 9.97 Å². The van der Waals surface area contributed by atoms with Gasteiger partial charge < -0.3 is 11.1 Å². The van der Waals surface area contributed by atoms with Crippen molar-refractivity contribution in [2.75, 3.05) is 23.0 Å². The maximum Gasteiger partial charge on any atom is 0.270 e. The first-order chi connectivity index (χ1) is 10.6. The fourth-order valence-electron chi connectivity index (χ4n) is 1.71. The summed E-state index contributed by atoms with van der Waals surface area (Å²) in [4.78, 5) is 20.2. The molecule has 0 aliphatic carbocycles. The molecule has 1 aromatic heterocycles. The van der Waals surface area contributed by atoms with Gasteiger partial charge in [-0.05, 0) is 34.5 Å². The summed E-state index contributed by atoms with van der Waals surface area (Å²) in [5, 5.41) is 3.10. The predicted molar refractivity (Wildman–Crippen MR) is 90.5 cm³/mol. The van der Waals surface area contributed by atoms with E-state index in [0.717, 1.165) is 13.0 Å². The van der Waals surface area contributed by atoms with Crippen LogP contribution in [0.5, 0.6) is 0 Å². The van der Waals surface area contributed by atoms with Crippen molar-refractivity contribution in [2.45, 2.75) is 13.3 Å². The summed E-state index contributed by atoms with van der Waals surface area (Å²) in [6.07, 6.45) is 2.33. The van der Waals surface area contributed by atoms with E-state index in [1.165, 1.54) is 6.33 Å². The van der Waals surface area contributed by atoms with E-state index in [2.05, 4.69) is 42.1 Å². The monoisotopic (exact) mass is 364 g/mol. The van der Waals surface area contributed by atoms with E-state index >= 15 is 0 Å². The van der Waals surface area contributed by atoms with Crippen LogP contribution in [-0.2, 0) is 0 Å². The first kappa shape index (κ1) is 16.0. The van der Waals surface area contributed by atoms with Gasteiger partial charge in [-0.1, -0.05) is 19.1 Å². The lowest BCUT2D eigenvalue weighted by Crippen LogP contribution is -2.30. The highest BCUT2D eigenvalue weighted by Gasteiger charge is 2.11. The lowest BCUT2D eigenvalue weighted by molar-refractivity contribution is 0.0962. The molecule has 1 aromatic carbocycles. The summed E-state index contributed by atoms with van der Waals surface area (Å²) < 4.78 is 0.704. The second-order valence-corrected chi connectivity index (χ2v) is 5.32. The Morgan fingerprint density at radius 2 is 2.00 bits per heavy atom. The number of benzene rings is 1. The molecular formula is C14H17BrN6O. The van der Waals surface area contributed by atoms with Crippen LogP contribution in [0.2, 0.25) is 0 Å². The number of amides is 1. The molecule has 7 nitrogen and oxygen atoms in total. The summed E-state index contributed by atoms with van der Waals surface area (Å²) in [5.41, 5.74) is 12.1. The third kappa shape index (κ3) is 3.85. The molecule has 116 valence electrons. The number of carbonyl (C=O) groups is 1. The fraction of sp³-hybridized carbons (Fsp3) is 0.214. The van der Waals surface area contributed by atoms with Crippen LogP contribution >= 0.6 is 15.9 Å². The number of nitrogen functional groups attached to an aromatic ring is 1. The van der Waals surface area contributed by atoms with Crippen molar-refractivity contribution in [1.29, 1.82) is 0 Å². The molecule has 0 radical (unpaired) electrons. The highest BCUT2D eigenvalue weighted by Crippen LogP contribution is 2.22. The SMILES string of the molecule is CCCNc1ncnc(NNC(=O)c2ccccc2Br)c1N. The van der Waals surface area contributed by atoms with Gasteiger partial charge in [-0.2, -0.15) is 0 Å². The summed E-state index contributed by atoms with van der Waals surface area (Å²) in [6.45, 7) is 2.80. The summed E-state index contributed by atoms with van der Waals surface area (Å²) in [6, 6.07) is 7.12. The zero-order valence-electron chi connectivity index (χ0n) is 12.1. The zero-order valence-corrected chi connectivity index (χ0v) is 13.6. The molecule has 0 unspecified atom stereocenters. The normalized spacial score (nSPS) is 10.1. The van der Waals surface area contributed by atoms with Crippen molar-refractivity contribution in [3.8, 4) is 0 Å². The van der Waals surface area contributed by atoms with Crippen molar-refractivity contribution < 1.29 is 4.79 Å². The maximum absolute atomic E-state index is 12.1. The molecule has 8 heteroatoms. The quantitative estimate of drug-likeness (QED) is 0.586. The highest BCUT2D eigenvalue weighted by molar-refractivity contribution is 9.10. The van der Waals surface area contributed by atoms with Crippen molar-refractivity contribution in [2.24, 2.45) is 0 Å². The van der Waals surface area contributed by atoms with Gasteiger partial charge in [0.1, 0.15) is 12.0 Å². The van der Waals surface area contributed by atoms with Gasteiger partial charge in [0, 0.05) is 11.0 Å². The van der Waals surface area contributed by atoms with E-state index in [4.69, 9.17) is 5.73 Å². The van der Waals surface area contributed by atoms with Gasteiger partial charge in [0.25, 0.3) is 5.91 Å². The maximum atomic E-state index is 12.1. The molecule has 0 saturated carbocycles. The van der Waals surface area contributed by atoms with Gasteiger partial charge in [0.2, 0.25) is 0 Å². The smallest absolute Gasteiger partial charge is 0.270 e. The van der Waals surface area contributed by atoms with Gasteiger partial charge in [-0.15, -0.1) is 0 Å². The first-order valence-corrected chi connectivity index (χ1v) is 7.58. The number of hydrogen-bond donors (Lipinski definition) is 4. The van der Waals surface area contributed by atoms with E-state index in [1.54, 1.807) is 18.2 Å². The molecule has 0 saturated heterocycles. The van der Waals surface area contributed by atoms with Gasteiger partial charge >= 0.3 is 0 Å². The van der Waals surface area contributed by atoms with Gasteiger partial charge in [0.05, 0.1) is 5.56 Å². The van der Waals surface area contributed by atoms with Gasteiger partial charge in [0.15, 0.2) is 11.6 Å². The fourth-order valence-corrected chi connectivity index (χ4v) is 2.17. The number of halogens is 1. The van der Waals surface area contributed by atoms with Crippen LogP contribution in [0.4, 0.5) is 17.3 Å². The molecule has 1 heterocycles. The van der Waals surface area contributed by atoms with Crippen LogP contribution < -0.4 is 21.9 Å². The molecule has 1 amide bonds. The van der Waals surface area contributed by atoms with Crippen LogP contribution in [0.25, 0.3) is 0 Å². The van der Waals surface area contributed by atoms with E-state index in [1.807, 2.05) is 13.0 Å². The van der Waals surface area contributed by atoms with Crippen molar-refractivity contribution in [3.63, 3.8) is 0 Å². The Kier molecular flexibility index (Phi) is 5.54. The van der Waals surface area contributed by atoms with Crippen LogP contribution in [0, 0.1) is 0 Å². The van der Waals surface area contributed by atoms with Crippen LogP contribution in [0.1, 0.15) is 23.7 Å². The number of hydrazine groups is 1. The number of hydrogen-bond acceptors (Lipinski definition) is 6. The predicted octanol–water partition coefficient (Wildman–Crippen LogP) is 2.40. The number of aromatic nitrogens is 2. The number of nitrogens with two attached hydrogens (primary N) is 1. The first-order valence-electron chi connectivity index (χ1n) is 6.78. The minimum atomic E-state index is -0.298. The summed E-state index contributed by atoms with van der Waals surface area (Å²) in [7, 11) is 0. The molecule has 0 aliphatic heterocycles. The largest absolute Gasteiger partial charge is 0.393 e. The Labute approximate surface area is 136 Å². The van der Waals surface area contributed by atoms with Gasteiger partial charge in [-0.3, -0.25) is 15.6 Å². The Hall–Kier alpha value is -2.35. The third-order valence-corrected chi connectivity index (χ3v) is 3.53. The standard InChI is InChI=1S/C14H17BrN6O/c1-2-7-17-12-11(16)13(19-8-18-12)20-21-14(22)9-5-3-4-6-10(9)15/h3-6,8H,2,7,16H2,1H3,(H,21,22)(H2,17,18,19,20). The topological polar surface area (TPSA) is 105 Å². The second kappa shape index (κ2) is 7.60. The minimum Gasteiger partial charge on any atom is -0.393 e. The summed E-state index contributed by atoms with van der Waals surface area (Å²) >= 11 is 3.33. The highest BCUT2D eigenvalue weighted by atomic mass is 79.9. The molecule has 0 spiro atoms. The van der Waals surface area contributed by atoms with E-state index in [-0.39, 0.29) is 5.91 Å². The number of carbonyl (C=O) groups excluding carboxylic acids is 1. The molecule has 22 heavy (non-hydrogen) atoms. The van der Waals surface area contributed by atoms with E-state index in [9.17, 15) is 4.79 Å². The van der Waals surface area contributed by atoms with E-state index < -0.39 is 0 Å². The van der Waals surface area contributed by atoms with Crippen molar-refractivity contribution in [1.82, 2.24) is 15.4 Å². The molecule has 0 bridgehead atoms. The molecule has 5 N–H and O–H groups in total. The van der Waals surface area contributed by atoms with Crippen LogP contribution in [0.15, 0.2) is 35.1 Å². The Balaban J connectivity index is 2.05. The average molecular weight is 365 g/mol. The average Bonchev–Trinajstić information content (AvgIpc) is 2.53. The van der Waals surface area contributed by atoms with Crippen LogP contribution in [0.3, 0.4) is 0 Å². The molecule has 0 fully saturated rings. The number of anilines is 3. The number of nitrogens with zero attached hydrogens (tertiary/aromatic N) is 2. The Morgan fingerprint density at radius 1 is 1.27 bits per heavy atom. The van der Waals surface area contributed by atoms with Crippen LogP contribution in [-0.4, -0.2) is 22.4 Å². The third-order valence-electron chi connectivity index (χ3n) is 2.84. The molecule has 0 atom stereocenters. The number of nitrogens with one attached hydrogen (secondary N) is 3. The van der Waals surface area contributed by atoms with Crippen molar-refractivity contribution in [3.05, 3.63) is 40.6 Å². The lowest BCUT2D eigenvalue weighted by Gasteiger charge is -2.13. The lowest BCUT2D eigenvalue weighted by atomic mass is 10.2. The number of rotatable bonds is 6. The molecular weight excluding hydrogens is 348 g/mol. The molecule has 2 aromatic rings. The second-order valence-electron chi connectivity index (χ2n) is 4.47. The van der Waals surface area contributed by atoms with Crippen molar-refractivity contribution >= 4 is 39.2 Å². The molecule has 2 rings (SSSR count). The minimum absolute atomic E-state index is 0.298. The zero-order chi connectivity index (χ0) is 15.9. The summed E-state index contributed by atoms with van der Waals surface area (Å²) in [5.74, 6) is 0.581. The molecule has 0 aliphatic rings.